The van der Waals surface area contributed by atoms with E-state index >= 15 is 0 Å². The Morgan fingerprint density at radius 3 is 2.21 bits per heavy atom. The molecule has 0 heterocycles. The van der Waals surface area contributed by atoms with Crippen molar-refractivity contribution in [3.8, 4) is 5.75 Å². The van der Waals surface area contributed by atoms with E-state index in [1.54, 1.807) is 48.5 Å². The molecular formula is C37H40ClN3O5S. The largest absolute Gasteiger partial charge is 0.495 e. The zero-order valence-electron chi connectivity index (χ0n) is 26.6. The molecule has 0 spiro atoms. The first-order valence-corrected chi connectivity index (χ1v) is 17.6. The number of hydrogen-bond donors (Lipinski definition) is 1. The highest BCUT2D eigenvalue weighted by Crippen LogP contribution is 2.34. The average molecular weight is 674 g/mol. The Morgan fingerprint density at radius 1 is 0.915 bits per heavy atom. The van der Waals surface area contributed by atoms with Gasteiger partial charge in [0.1, 0.15) is 18.3 Å². The molecule has 2 amide bonds. The van der Waals surface area contributed by atoms with Gasteiger partial charge in [-0.25, -0.2) is 8.42 Å². The van der Waals surface area contributed by atoms with Crippen LogP contribution in [-0.4, -0.2) is 50.9 Å². The topological polar surface area (TPSA) is 96.0 Å². The van der Waals surface area contributed by atoms with E-state index in [4.69, 9.17) is 16.3 Å². The maximum atomic E-state index is 14.7. The van der Waals surface area contributed by atoms with Crippen molar-refractivity contribution in [3.05, 3.63) is 125 Å². The van der Waals surface area contributed by atoms with Crippen LogP contribution in [-0.2, 0) is 32.6 Å². The van der Waals surface area contributed by atoms with E-state index in [0.717, 1.165) is 41.1 Å². The van der Waals surface area contributed by atoms with Crippen LogP contribution in [0.15, 0.2) is 108 Å². The third-order valence-electron chi connectivity index (χ3n) is 8.48. The van der Waals surface area contributed by atoms with Crippen molar-refractivity contribution in [1.82, 2.24) is 10.2 Å². The Balaban J connectivity index is 1.61. The van der Waals surface area contributed by atoms with Crippen molar-refractivity contribution in [3.63, 3.8) is 0 Å². The molecular weight excluding hydrogens is 634 g/mol. The van der Waals surface area contributed by atoms with Crippen LogP contribution in [0.2, 0.25) is 5.02 Å². The number of ether oxygens (including phenoxy) is 1. The third kappa shape index (κ3) is 8.34. The van der Waals surface area contributed by atoms with Gasteiger partial charge in [-0.05, 0) is 66.8 Å². The second-order valence-electron chi connectivity index (χ2n) is 11.8. The van der Waals surface area contributed by atoms with Gasteiger partial charge >= 0.3 is 0 Å². The van der Waals surface area contributed by atoms with E-state index in [9.17, 15) is 18.0 Å². The van der Waals surface area contributed by atoms with Crippen LogP contribution in [0.25, 0.3) is 0 Å². The summed E-state index contributed by atoms with van der Waals surface area (Å²) in [7, 11) is -2.80. The summed E-state index contributed by atoms with van der Waals surface area (Å²) in [5, 5.41) is 3.62. The fourth-order valence-electron chi connectivity index (χ4n) is 5.96. The Kier molecular flexibility index (Phi) is 11.2. The second kappa shape index (κ2) is 15.5. The van der Waals surface area contributed by atoms with E-state index in [1.165, 1.54) is 24.1 Å². The van der Waals surface area contributed by atoms with Crippen LogP contribution >= 0.6 is 11.6 Å². The summed E-state index contributed by atoms with van der Waals surface area (Å²) in [5.74, 6) is -0.553. The Labute approximate surface area is 282 Å². The molecule has 8 nitrogen and oxygen atoms in total. The van der Waals surface area contributed by atoms with E-state index in [0.29, 0.717) is 16.3 Å². The fourth-order valence-corrected chi connectivity index (χ4v) is 7.59. The summed E-state index contributed by atoms with van der Waals surface area (Å²) in [5.41, 5.74) is 2.51. The quantitative estimate of drug-likeness (QED) is 0.174. The lowest BCUT2D eigenvalue weighted by Crippen LogP contribution is -2.54. The lowest BCUT2D eigenvalue weighted by atomic mass is 10.0. The van der Waals surface area contributed by atoms with Crippen LogP contribution in [0, 0.1) is 6.92 Å². The van der Waals surface area contributed by atoms with Crippen molar-refractivity contribution in [2.24, 2.45) is 0 Å². The van der Waals surface area contributed by atoms with Crippen molar-refractivity contribution >= 4 is 39.1 Å². The number of hydrogen-bond acceptors (Lipinski definition) is 5. The average Bonchev–Trinajstić information content (AvgIpc) is 3.59. The minimum absolute atomic E-state index is 0.00172. The number of carbonyl (C=O) groups excluding carboxylic acids is 2. The molecule has 1 N–H and O–H groups in total. The number of sulfonamides is 1. The molecule has 1 atom stereocenters. The van der Waals surface area contributed by atoms with Crippen molar-refractivity contribution < 1.29 is 22.7 Å². The molecule has 1 saturated carbocycles. The lowest BCUT2D eigenvalue weighted by Gasteiger charge is -2.34. The molecule has 10 heteroatoms. The number of amides is 2. The molecule has 246 valence electrons. The Bertz CT molecular complexity index is 1780. The smallest absolute Gasteiger partial charge is 0.264 e. The molecule has 1 aliphatic carbocycles. The summed E-state index contributed by atoms with van der Waals surface area (Å²) in [6, 6.07) is 28.9. The number of methoxy groups -OCH3 is 1. The van der Waals surface area contributed by atoms with E-state index in [1.807, 2.05) is 49.4 Å². The molecule has 0 saturated heterocycles. The van der Waals surface area contributed by atoms with Crippen molar-refractivity contribution in [1.29, 1.82) is 0 Å². The number of nitrogens with zero attached hydrogens (tertiary/aromatic N) is 2. The third-order valence-corrected chi connectivity index (χ3v) is 10.6. The van der Waals surface area contributed by atoms with Gasteiger partial charge in [-0.2, -0.15) is 0 Å². The zero-order valence-corrected chi connectivity index (χ0v) is 28.2. The predicted octanol–water partition coefficient (Wildman–Crippen LogP) is 6.55. The molecule has 4 aromatic carbocycles. The van der Waals surface area contributed by atoms with Crippen LogP contribution < -0.4 is 14.4 Å². The van der Waals surface area contributed by atoms with Gasteiger partial charge in [0, 0.05) is 24.0 Å². The summed E-state index contributed by atoms with van der Waals surface area (Å²) in [6.45, 7) is 1.26. The highest BCUT2D eigenvalue weighted by molar-refractivity contribution is 7.92. The van der Waals surface area contributed by atoms with E-state index in [2.05, 4.69) is 5.32 Å². The first kappa shape index (κ1) is 34.0. The normalized spacial score (nSPS) is 13.9. The fraction of sp³-hybridized carbons (Fsp3) is 0.297. The molecule has 1 unspecified atom stereocenters. The molecule has 0 aliphatic heterocycles. The standard InChI is InChI=1S/C37H40ClN3O5S/c1-27-21-22-35(46-2)33(23-27)41(47(44,45)31-18-7-4-8-19-31)26-36(42)40(25-29-15-9-12-20-32(29)38)34(24-28-13-5-3-6-14-28)37(43)39-30-16-10-11-17-30/h3-9,12-15,18-23,30,34H,10-11,16-17,24-26H2,1-2H3,(H,39,43). The Hall–Kier alpha value is -4.34. The highest BCUT2D eigenvalue weighted by atomic mass is 35.5. The number of rotatable bonds is 13. The molecule has 4 aromatic rings. The molecule has 0 radical (unpaired) electrons. The summed E-state index contributed by atoms with van der Waals surface area (Å²) >= 11 is 6.60. The molecule has 1 aliphatic rings. The van der Waals surface area contributed by atoms with Gasteiger partial charge in [-0.15, -0.1) is 0 Å². The number of anilines is 1. The Morgan fingerprint density at radius 2 is 1.55 bits per heavy atom. The molecule has 0 aromatic heterocycles. The van der Waals surface area contributed by atoms with Crippen molar-refractivity contribution in [2.45, 2.75) is 62.6 Å². The molecule has 1 fully saturated rings. The van der Waals surface area contributed by atoms with Gasteiger partial charge < -0.3 is 15.0 Å². The summed E-state index contributed by atoms with van der Waals surface area (Å²) < 4.78 is 35.3. The zero-order chi connectivity index (χ0) is 33.4. The van der Waals surface area contributed by atoms with Crippen LogP contribution in [0.4, 0.5) is 5.69 Å². The minimum atomic E-state index is -4.26. The first-order chi connectivity index (χ1) is 22.7. The number of aryl methyl sites for hydroxylation is 1. The number of benzene rings is 4. The number of halogens is 1. The SMILES string of the molecule is COc1ccc(C)cc1N(CC(=O)N(Cc1ccccc1Cl)C(Cc1ccccc1)C(=O)NC1CCCC1)S(=O)(=O)c1ccccc1. The van der Waals surface area contributed by atoms with Gasteiger partial charge in [0.05, 0.1) is 17.7 Å². The summed E-state index contributed by atoms with van der Waals surface area (Å²) in [4.78, 5) is 30.4. The second-order valence-corrected chi connectivity index (χ2v) is 14.1. The number of carbonyl (C=O) groups is 2. The summed E-state index contributed by atoms with van der Waals surface area (Å²) in [6.07, 6.45) is 4.04. The van der Waals surface area contributed by atoms with E-state index in [-0.39, 0.29) is 35.5 Å². The lowest BCUT2D eigenvalue weighted by molar-refractivity contribution is -0.140. The van der Waals surface area contributed by atoms with E-state index < -0.39 is 28.5 Å². The van der Waals surface area contributed by atoms with Gasteiger partial charge in [-0.3, -0.25) is 13.9 Å². The van der Waals surface area contributed by atoms with Crippen molar-refractivity contribution in [2.75, 3.05) is 18.0 Å². The maximum Gasteiger partial charge on any atom is 0.264 e. The number of nitrogens with one attached hydrogen (secondary N) is 1. The molecule has 5 rings (SSSR count). The van der Waals surface area contributed by atoms with Gasteiger partial charge in [0.2, 0.25) is 11.8 Å². The van der Waals surface area contributed by atoms with Crippen LogP contribution in [0.1, 0.15) is 42.4 Å². The molecule has 47 heavy (non-hydrogen) atoms. The van der Waals surface area contributed by atoms with Gasteiger partial charge in [0.15, 0.2) is 0 Å². The predicted molar refractivity (Wildman–Crippen MR) is 185 cm³/mol. The van der Waals surface area contributed by atoms with Crippen LogP contribution in [0.5, 0.6) is 5.75 Å². The monoisotopic (exact) mass is 673 g/mol. The maximum absolute atomic E-state index is 14.7. The van der Waals surface area contributed by atoms with Crippen LogP contribution in [0.3, 0.4) is 0 Å². The first-order valence-electron chi connectivity index (χ1n) is 15.8. The van der Waals surface area contributed by atoms with Gasteiger partial charge in [-0.1, -0.05) is 97.2 Å². The van der Waals surface area contributed by atoms with Gasteiger partial charge in [0.25, 0.3) is 10.0 Å². The minimum Gasteiger partial charge on any atom is -0.495 e. The highest BCUT2D eigenvalue weighted by Gasteiger charge is 2.36. The molecule has 0 bridgehead atoms.